The lowest BCUT2D eigenvalue weighted by atomic mass is 9.78. The van der Waals surface area contributed by atoms with Crippen molar-refractivity contribution < 1.29 is 0 Å². The van der Waals surface area contributed by atoms with Crippen molar-refractivity contribution in [2.24, 2.45) is 0 Å². The SMILES string of the molecule is CC1(C)C(c2ccc(N(c3ccc(-c4ccc5ccccc5c4)cc3)c3ccc(-c4ccc5sc6ccccc6c5c4)cc3)cc2)=Cc2ccccc21. The van der Waals surface area contributed by atoms with E-state index in [1.54, 1.807) is 0 Å². The third kappa shape index (κ3) is 5.46. The molecule has 0 saturated heterocycles. The number of rotatable bonds is 6. The molecule has 1 heterocycles. The Labute approximate surface area is 314 Å². The number of benzene rings is 8. The summed E-state index contributed by atoms with van der Waals surface area (Å²) in [5.74, 6) is 0. The Morgan fingerprint density at radius 2 is 0.943 bits per heavy atom. The van der Waals surface area contributed by atoms with Crippen LogP contribution in [0.5, 0.6) is 0 Å². The number of hydrogen-bond donors (Lipinski definition) is 0. The maximum atomic E-state index is 2.37. The predicted octanol–water partition coefficient (Wildman–Crippen LogP) is 14.8. The van der Waals surface area contributed by atoms with Crippen LogP contribution in [0, 0.1) is 0 Å². The van der Waals surface area contributed by atoms with E-state index in [9.17, 15) is 0 Å². The van der Waals surface area contributed by atoms with Crippen LogP contribution in [0.1, 0.15) is 30.5 Å². The van der Waals surface area contributed by atoms with E-state index in [1.165, 1.54) is 75.5 Å². The lowest BCUT2D eigenvalue weighted by molar-refractivity contribution is 0.704. The van der Waals surface area contributed by atoms with Gasteiger partial charge in [-0.2, -0.15) is 0 Å². The number of nitrogens with zero attached hydrogens (tertiary/aromatic N) is 1. The van der Waals surface area contributed by atoms with Gasteiger partial charge in [0.25, 0.3) is 0 Å². The molecule has 0 amide bonds. The molecule has 0 fully saturated rings. The zero-order valence-electron chi connectivity index (χ0n) is 29.8. The first-order chi connectivity index (χ1) is 26.0. The first-order valence-electron chi connectivity index (χ1n) is 18.3. The van der Waals surface area contributed by atoms with E-state index in [4.69, 9.17) is 0 Å². The molecule has 8 aromatic carbocycles. The minimum atomic E-state index is -0.0510. The predicted molar refractivity (Wildman–Crippen MR) is 230 cm³/mol. The molecule has 0 N–H and O–H groups in total. The monoisotopic (exact) mass is 695 g/mol. The molecule has 0 unspecified atom stereocenters. The van der Waals surface area contributed by atoms with Gasteiger partial charge in [-0.15, -0.1) is 11.3 Å². The van der Waals surface area contributed by atoms with Crippen LogP contribution in [-0.4, -0.2) is 0 Å². The summed E-state index contributed by atoms with van der Waals surface area (Å²) in [5.41, 5.74) is 13.5. The highest BCUT2D eigenvalue weighted by Gasteiger charge is 2.33. The maximum Gasteiger partial charge on any atom is 0.0462 e. The number of allylic oxidation sites excluding steroid dienone is 1. The van der Waals surface area contributed by atoms with Gasteiger partial charge in [0.15, 0.2) is 0 Å². The van der Waals surface area contributed by atoms with Gasteiger partial charge >= 0.3 is 0 Å². The Hall–Kier alpha value is -6.22. The highest BCUT2D eigenvalue weighted by molar-refractivity contribution is 7.25. The van der Waals surface area contributed by atoms with Crippen molar-refractivity contribution in [3.63, 3.8) is 0 Å². The van der Waals surface area contributed by atoms with Crippen molar-refractivity contribution in [3.05, 3.63) is 199 Å². The quantitative estimate of drug-likeness (QED) is 0.167. The number of hydrogen-bond acceptors (Lipinski definition) is 2. The largest absolute Gasteiger partial charge is 0.311 e. The highest BCUT2D eigenvalue weighted by Crippen LogP contribution is 2.47. The van der Waals surface area contributed by atoms with Crippen molar-refractivity contribution >= 4 is 71.0 Å². The van der Waals surface area contributed by atoms with Crippen LogP contribution in [0.3, 0.4) is 0 Å². The zero-order valence-corrected chi connectivity index (χ0v) is 30.6. The fourth-order valence-corrected chi connectivity index (χ4v) is 9.32. The van der Waals surface area contributed by atoms with Gasteiger partial charge in [0.1, 0.15) is 0 Å². The molecule has 0 spiro atoms. The third-order valence-corrected chi connectivity index (χ3v) is 12.2. The first-order valence-corrected chi connectivity index (χ1v) is 19.1. The Morgan fingerprint density at radius 1 is 0.415 bits per heavy atom. The maximum absolute atomic E-state index is 2.37. The van der Waals surface area contributed by atoms with Crippen LogP contribution >= 0.6 is 11.3 Å². The topological polar surface area (TPSA) is 3.24 Å². The van der Waals surface area contributed by atoms with E-state index in [0.29, 0.717) is 0 Å². The van der Waals surface area contributed by atoms with E-state index in [1.807, 2.05) is 11.3 Å². The third-order valence-electron chi connectivity index (χ3n) is 11.1. The molecule has 0 bridgehead atoms. The van der Waals surface area contributed by atoms with E-state index in [-0.39, 0.29) is 5.41 Å². The first kappa shape index (κ1) is 31.5. The summed E-state index contributed by atoms with van der Waals surface area (Å²) in [6.07, 6.45) is 2.36. The molecule has 0 saturated carbocycles. The average molecular weight is 696 g/mol. The summed E-state index contributed by atoms with van der Waals surface area (Å²) >= 11 is 1.86. The van der Waals surface area contributed by atoms with Gasteiger partial charge in [-0.3, -0.25) is 0 Å². The van der Waals surface area contributed by atoms with Crippen LogP contribution in [0.15, 0.2) is 182 Å². The molecular weight excluding hydrogens is 659 g/mol. The van der Waals surface area contributed by atoms with Gasteiger partial charge < -0.3 is 4.90 Å². The highest BCUT2D eigenvalue weighted by atomic mass is 32.1. The second-order valence-electron chi connectivity index (χ2n) is 14.6. The molecule has 0 aliphatic heterocycles. The molecule has 0 atom stereocenters. The van der Waals surface area contributed by atoms with Gasteiger partial charge in [0.05, 0.1) is 0 Å². The molecule has 9 aromatic rings. The van der Waals surface area contributed by atoms with Crippen molar-refractivity contribution in [3.8, 4) is 22.3 Å². The Balaban J connectivity index is 1.02. The molecule has 0 radical (unpaired) electrons. The fraction of sp³-hybridized carbons (Fsp3) is 0.0588. The molecule has 2 heteroatoms. The minimum absolute atomic E-state index is 0.0510. The number of anilines is 3. The molecule has 1 aromatic heterocycles. The lowest BCUT2D eigenvalue weighted by Crippen LogP contribution is -2.16. The van der Waals surface area contributed by atoms with E-state index < -0.39 is 0 Å². The summed E-state index contributed by atoms with van der Waals surface area (Å²) in [4.78, 5) is 2.37. The Kier molecular flexibility index (Phi) is 7.42. The Bertz CT molecular complexity index is 2840. The zero-order chi connectivity index (χ0) is 35.5. The summed E-state index contributed by atoms with van der Waals surface area (Å²) < 4.78 is 2.66. The van der Waals surface area contributed by atoms with Crippen LogP contribution in [0.2, 0.25) is 0 Å². The van der Waals surface area contributed by atoms with E-state index in [0.717, 1.165) is 17.1 Å². The van der Waals surface area contributed by atoms with Crippen molar-refractivity contribution in [1.29, 1.82) is 0 Å². The molecule has 1 nitrogen and oxygen atoms in total. The van der Waals surface area contributed by atoms with Crippen molar-refractivity contribution in [2.75, 3.05) is 4.90 Å². The summed E-state index contributed by atoms with van der Waals surface area (Å²) in [5, 5.41) is 5.17. The van der Waals surface area contributed by atoms with Crippen LogP contribution in [0.4, 0.5) is 17.1 Å². The molecule has 1 aliphatic carbocycles. The second-order valence-corrected chi connectivity index (χ2v) is 15.7. The van der Waals surface area contributed by atoms with Crippen molar-refractivity contribution in [1.82, 2.24) is 0 Å². The normalized spacial score (nSPS) is 13.4. The summed E-state index contributed by atoms with van der Waals surface area (Å²) in [6, 6.07) is 66.8. The van der Waals surface area contributed by atoms with Crippen LogP contribution in [-0.2, 0) is 5.41 Å². The average Bonchev–Trinajstić information content (AvgIpc) is 3.72. The van der Waals surface area contributed by atoms with E-state index >= 15 is 0 Å². The van der Waals surface area contributed by atoms with Crippen LogP contribution < -0.4 is 4.90 Å². The summed E-state index contributed by atoms with van der Waals surface area (Å²) in [7, 11) is 0. The van der Waals surface area contributed by atoms with Gasteiger partial charge in [-0.1, -0.05) is 135 Å². The molecule has 1 aliphatic rings. The van der Waals surface area contributed by atoms with Crippen LogP contribution in [0.25, 0.3) is 64.8 Å². The molecule has 252 valence electrons. The van der Waals surface area contributed by atoms with E-state index in [2.05, 4.69) is 207 Å². The Morgan fingerprint density at radius 3 is 1.64 bits per heavy atom. The van der Waals surface area contributed by atoms with Gasteiger partial charge in [-0.05, 0) is 122 Å². The molecular formula is C51H37NS. The standard InChI is InChI=1S/C51H37NS/c1-51(2)47-13-7-5-11-41(47)33-48(51)37-21-28-44(29-22-37)52(42-24-17-35(18-25-42)39-16-15-34-9-3-4-10-38(34)31-39)43-26-19-36(20-27-43)40-23-30-50-46(32-40)45-12-6-8-14-49(45)53-50/h3-33H,1-2H3. The van der Waals surface area contributed by atoms with Gasteiger partial charge in [0.2, 0.25) is 0 Å². The molecule has 10 rings (SSSR count). The van der Waals surface area contributed by atoms with Gasteiger partial charge in [0, 0.05) is 42.6 Å². The molecule has 53 heavy (non-hydrogen) atoms. The fourth-order valence-electron chi connectivity index (χ4n) is 8.23. The summed E-state index contributed by atoms with van der Waals surface area (Å²) in [6.45, 7) is 4.67. The number of fused-ring (bicyclic) bond motifs is 5. The lowest BCUT2D eigenvalue weighted by Gasteiger charge is -2.28. The smallest absolute Gasteiger partial charge is 0.0462 e. The minimum Gasteiger partial charge on any atom is -0.311 e. The number of thiophene rings is 1. The van der Waals surface area contributed by atoms with Gasteiger partial charge in [-0.25, -0.2) is 0 Å². The van der Waals surface area contributed by atoms with Crippen molar-refractivity contribution in [2.45, 2.75) is 19.3 Å². The second kappa shape index (κ2) is 12.5.